The molecule has 1 radical (unpaired) electrons. The first kappa shape index (κ1) is 13.5. The molecule has 0 bridgehead atoms. The van der Waals surface area contributed by atoms with Crippen molar-refractivity contribution in [3.8, 4) is 0 Å². The van der Waals surface area contributed by atoms with Gasteiger partial charge >= 0.3 is 5.97 Å². The quantitative estimate of drug-likeness (QED) is 0.575. The van der Waals surface area contributed by atoms with Gasteiger partial charge in [-0.05, 0) is 19.3 Å². The molecule has 0 aromatic carbocycles. The topological polar surface area (TPSA) is 37.3 Å². The van der Waals surface area contributed by atoms with Crippen LogP contribution < -0.4 is 0 Å². The van der Waals surface area contributed by atoms with E-state index in [1.54, 1.807) is 0 Å². The minimum absolute atomic E-state index is 0.151. The molecule has 0 amide bonds. The Morgan fingerprint density at radius 3 is 2.50 bits per heavy atom. The van der Waals surface area contributed by atoms with Crippen LogP contribution in [-0.2, 0) is 4.79 Å². The van der Waals surface area contributed by atoms with Gasteiger partial charge in [-0.25, -0.2) is 0 Å². The van der Waals surface area contributed by atoms with Crippen molar-refractivity contribution in [2.75, 3.05) is 0 Å². The zero-order valence-corrected chi connectivity index (χ0v) is 9.46. The molecule has 83 valence electrons. The van der Waals surface area contributed by atoms with Gasteiger partial charge in [0.1, 0.15) is 0 Å². The van der Waals surface area contributed by atoms with Crippen molar-refractivity contribution in [1.82, 2.24) is 0 Å². The highest BCUT2D eigenvalue weighted by Gasteiger charge is 2.15. The number of carboxylic acid groups (broad SMARTS) is 1. The second kappa shape index (κ2) is 9.04. The number of carboxylic acids is 1. The summed E-state index contributed by atoms with van der Waals surface area (Å²) < 4.78 is 0. The average Bonchev–Trinajstić information content (AvgIpc) is 2.15. The van der Waals surface area contributed by atoms with Gasteiger partial charge in [-0.3, -0.25) is 4.79 Å². The fraction of sp³-hybridized carbons (Fsp3) is 0.833. The Hall–Kier alpha value is -0.530. The predicted octanol–water partition coefficient (Wildman–Crippen LogP) is 3.66. The molecule has 1 N–H and O–H groups in total. The van der Waals surface area contributed by atoms with E-state index in [1.807, 2.05) is 6.92 Å². The Morgan fingerprint density at radius 1 is 1.29 bits per heavy atom. The molecule has 2 heteroatoms. The number of unbranched alkanes of at least 4 members (excludes halogenated alkanes) is 4. The van der Waals surface area contributed by atoms with Crippen molar-refractivity contribution in [1.29, 1.82) is 0 Å². The molecule has 14 heavy (non-hydrogen) atoms. The molecule has 0 aromatic rings. The smallest absolute Gasteiger partial charge is 0.306 e. The number of carbonyl (C=O) groups is 1. The first-order valence-electron chi connectivity index (χ1n) is 5.76. The minimum atomic E-state index is -0.640. The normalized spacial score (nSPS) is 12.7. The summed E-state index contributed by atoms with van der Waals surface area (Å²) in [4.78, 5) is 10.8. The maximum atomic E-state index is 10.8. The molecule has 0 heterocycles. The van der Waals surface area contributed by atoms with Crippen LogP contribution in [0.4, 0.5) is 0 Å². The summed E-state index contributed by atoms with van der Waals surface area (Å²) in [6.45, 7) is 4.21. The van der Waals surface area contributed by atoms with E-state index in [0.29, 0.717) is 0 Å². The zero-order chi connectivity index (χ0) is 10.8. The van der Waals surface area contributed by atoms with E-state index in [0.717, 1.165) is 25.7 Å². The Balaban J connectivity index is 3.46. The molecule has 0 spiro atoms. The van der Waals surface area contributed by atoms with Crippen molar-refractivity contribution in [3.05, 3.63) is 6.42 Å². The van der Waals surface area contributed by atoms with Gasteiger partial charge in [0.25, 0.3) is 0 Å². The van der Waals surface area contributed by atoms with Crippen LogP contribution in [0.1, 0.15) is 58.8 Å². The molecular formula is C12H23O2. The van der Waals surface area contributed by atoms with E-state index < -0.39 is 5.97 Å². The van der Waals surface area contributed by atoms with Gasteiger partial charge in [-0.1, -0.05) is 46.0 Å². The summed E-state index contributed by atoms with van der Waals surface area (Å²) in [5, 5.41) is 8.89. The van der Waals surface area contributed by atoms with Crippen LogP contribution in [0.15, 0.2) is 0 Å². The summed E-state index contributed by atoms with van der Waals surface area (Å²) in [5.74, 6) is -0.791. The first-order valence-corrected chi connectivity index (χ1v) is 5.76. The average molecular weight is 199 g/mol. The van der Waals surface area contributed by atoms with Gasteiger partial charge in [0.15, 0.2) is 0 Å². The van der Waals surface area contributed by atoms with Gasteiger partial charge in [-0.15, -0.1) is 0 Å². The summed E-state index contributed by atoms with van der Waals surface area (Å²) in [5.41, 5.74) is 0. The van der Waals surface area contributed by atoms with E-state index in [4.69, 9.17) is 5.11 Å². The maximum Gasteiger partial charge on any atom is 0.306 e. The second-order valence-corrected chi connectivity index (χ2v) is 3.84. The fourth-order valence-corrected chi connectivity index (χ4v) is 1.55. The Labute approximate surface area is 87.7 Å². The Kier molecular flexibility index (Phi) is 8.70. The minimum Gasteiger partial charge on any atom is -0.481 e. The van der Waals surface area contributed by atoms with Crippen LogP contribution in [-0.4, -0.2) is 11.1 Å². The van der Waals surface area contributed by atoms with Gasteiger partial charge in [0, 0.05) is 0 Å². The number of hydrogen-bond acceptors (Lipinski definition) is 1. The molecule has 0 aliphatic carbocycles. The molecule has 0 saturated carbocycles. The third-order valence-electron chi connectivity index (χ3n) is 2.45. The standard InChI is InChI=1S/C12H23O2/c1-3-5-6-7-8-10-11(9-4-2)12(13)14/h8,11H,3-7,9-10H2,1-2H3,(H,13,14). The van der Waals surface area contributed by atoms with Crippen LogP contribution in [0.3, 0.4) is 0 Å². The van der Waals surface area contributed by atoms with Crippen molar-refractivity contribution in [2.24, 2.45) is 5.92 Å². The Morgan fingerprint density at radius 2 is 2.00 bits per heavy atom. The van der Waals surface area contributed by atoms with E-state index >= 15 is 0 Å². The molecule has 0 aliphatic rings. The zero-order valence-electron chi connectivity index (χ0n) is 9.46. The number of hydrogen-bond donors (Lipinski definition) is 1. The molecule has 0 fully saturated rings. The molecule has 0 aromatic heterocycles. The highest BCUT2D eigenvalue weighted by atomic mass is 16.4. The summed E-state index contributed by atoms with van der Waals surface area (Å²) >= 11 is 0. The maximum absolute atomic E-state index is 10.8. The monoisotopic (exact) mass is 199 g/mol. The summed E-state index contributed by atoms with van der Waals surface area (Å²) in [7, 11) is 0. The summed E-state index contributed by atoms with van der Waals surface area (Å²) in [6, 6.07) is 0. The lowest BCUT2D eigenvalue weighted by Gasteiger charge is -2.09. The highest BCUT2D eigenvalue weighted by molar-refractivity contribution is 5.70. The van der Waals surface area contributed by atoms with Crippen molar-refractivity contribution in [3.63, 3.8) is 0 Å². The highest BCUT2D eigenvalue weighted by Crippen LogP contribution is 2.15. The molecule has 2 nitrogen and oxygen atoms in total. The van der Waals surface area contributed by atoms with Crippen LogP contribution in [0.25, 0.3) is 0 Å². The van der Waals surface area contributed by atoms with Crippen LogP contribution in [0, 0.1) is 12.3 Å². The third kappa shape index (κ3) is 6.93. The molecule has 0 rings (SSSR count). The van der Waals surface area contributed by atoms with Crippen LogP contribution in [0.2, 0.25) is 0 Å². The van der Waals surface area contributed by atoms with Crippen molar-refractivity contribution >= 4 is 5.97 Å². The predicted molar refractivity (Wildman–Crippen MR) is 59.1 cm³/mol. The SMILES string of the molecule is CCCCC[CH]CC(CCC)C(=O)O. The largest absolute Gasteiger partial charge is 0.481 e. The summed E-state index contributed by atoms with van der Waals surface area (Å²) in [6.07, 6.45) is 9.40. The van der Waals surface area contributed by atoms with Crippen LogP contribution >= 0.6 is 0 Å². The van der Waals surface area contributed by atoms with Crippen LogP contribution in [0.5, 0.6) is 0 Å². The fourth-order valence-electron chi connectivity index (χ4n) is 1.55. The molecular weight excluding hydrogens is 176 g/mol. The number of aliphatic carboxylic acids is 1. The second-order valence-electron chi connectivity index (χ2n) is 3.84. The van der Waals surface area contributed by atoms with Gasteiger partial charge < -0.3 is 5.11 Å². The molecule has 0 saturated heterocycles. The third-order valence-corrected chi connectivity index (χ3v) is 2.45. The van der Waals surface area contributed by atoms with E-state index in [2.05, 4.69) is 13.3 Å². The lowest BCUT2D eigenvalue weighted by molar-refractivity contribution is -0.142. The van der Waals surface area contributed by atoms with Gasteiger partial charge in [0.05, 0.1) is 5.92 Å². The Bertz CT molecular complexity index is 143. The molecule has 0 aliphatic heterocycles. The molecule has 1 atom stereocenters. The van der Waals surface area contributed by atoms with E-state index in [1.165, 1.54) is 19.3 Å². The van der Waals surface area contributed by atoms with Gasteiger partial charge in [-0.2, -0.15) is 0 Å². The first-order chi connectivity index (χ1) is 6.72. The lowest BCUT2D eigenvalue weighted by Crippen LogP contribution is -2.13. The van der Waals surface area contributed by atoms with E-state index in [9.17, 15) is 4.79 Å². The van der Waals surface area contributed by atoms with E-state index in [-0.39, 0.29) is 5.92 Å². The lowest BCUT2D eigenvalue weighted by atomic mass is 9.96. The molecule has 1 unspecified atom stereocenters. The van der Waals surface area contributed by atoms with Crippen molar-refractivity contribution in [2.45, 2.75) is 58.8 Å². The van der Waals surface area contributed by atoms with Gasteiger partial charge in [0.2, 0.25) is 0 Å². The number of rotatable bonds is 9. The van der Waals surface area contributed by atoms with Crippen molar-refractivity contribution < 1.29 is 9.90 Å².